The van der Waals surface area contributed by atoms with E-state index in [9.17, 15) is 18.5 Å². The number of nitrogens with zero attached hydrogens (tertiary/aromatic N) is 2. The lowest BCUT2D eigenvalue weighted by molar-refractivity contribution is -0.385. The van der Waals surface area contributed by atoms with Crippen LogP contribution >= 0.6 is 0 Å². The van der Waals surface area contributed by atoms with Crippen LogP contribution in [0, 0.1) is 17.0 Å². The molecule has 1 aromatic rings. The van der Waals surface area contributed by atoms with Gasteiger partial charge in [-0.3, -0.25) is 10.1 Å². The minimum Gasteiger partial charge on any atom is -0.258 e. The summed E-state index contributed by atoms with van der Waals surface area (Å²) in [6, 6.07) is 4.03. The number of nitro benzene ring substituents is 1. The molecule has 7 heteroatoms. The number of nitro groups is 1. The molecule has 0 unspecified atom stereocenters. The van der Waals surface area contributed by atoms with Crippen LogP contribution in [0.5, 0.6) is 0 Å². The molecule has 0 heterocycles. The Kier molecular flexibility index (Phi) is 5.64. The fourth-order valence-electron chi connectivity index (χ4n) is 1.88. The summed E-state index contributed by atoms with van der Waals surface area (Å²) in [4.78, 5) is 10.3. The minimum atomic E-state index is -3.67. The van der Waals surface area contributed by atoms with Crippen molar-refractivity contribution in [2.75, 3.05) is 13.1 Å². The molecule has 0 aromatic heterocycles. The molecule has 20 heavy (non-hydrogen) atoms. The quantitative estimate of drug-likeness (QED) is 0.572. The second-order valence-electron chi connectivity index (χ2n) is 4.56. The molecule has 0 aliphatic heterocycles. The summed E-state index contributed by atoms with van der Waals surface area (Å²) < 4.78 is 26.3. The molecule has 0 saturated carbocycles. The van der Waals surface area contributed by atoms with Gasteiger partial charge in [0, 0.05) is 24.7 Å². The largest absolute Gasteiger partial charge is 0.273 e. The molecule has 0 radical (unpaired) electrons. The van der Waals surface area contributed by atoms with Gasteiger partial charge < -0.3 is 0 Å². The molecule has 6 nitrogen and oxygen atoms in total. The zero-order valence-electron chi connectivity index (χ0n) is 12.0. The highest BCUT2D eigenvalue weighted by Gasteiger charge is 2.25. The van der Waals surface area contributed by atoms with Crippen LogP contribution in [0.15, 0.2) is 23.1 Å². The van der Waals surface area contributed by atoms with Gasteiger partial charge in [0.05, 0.1) is 9.82 Å². The fraction of sp³-hybridized carbons (Fsp3) is 0.538. The molecule has 0 aliphatic carbocycles. The van der Waals surface area contributed by atoms with Crippen LogP contribution in [0.1, 0.15) is 32.3 Å². The highest BCUT2D eigenvalue weighted by atomic mass is 32.2. The van der Waals surface area contributed by atoms with Crippen LogP contribution < -0.4 is 0 Å². The first kappa shape index (κ1) is 16.6. The van der Waals surface area contributed by atoms with Gasteiger partial charge in [-0.25, -0.2) is 8.42 Å². The summed E-state index contributed by atoms with van der Waals surface area (Å²) >= 11 is 0. The van der Waals surface area contributed by atoms with Crippen molar-refractivity contribution in [1.82, 2.24) is 4.31 Å². The van der Waals surface area contributed by atoms with Crippen molar-refractivity contribution in [2.24, 2.45) is 0 Å². The standard InChI is InChI=1S/C13H20N2O4S/c1-4-6-9-14(5-2)20(18,19)12-8-7-11(3)13(10-12)15(16)17/h7-8,10H,4-6,9H2,1-3H3. The number of hydrogen-bond donors (Lipinski definition) is 0. The highest BCUT2D eigenvalue weighted by Crippen LogP contribution is 2.24. The minimum absolute atomic E-state index is 0.0206. The molecule has 112 valence electrons. The predicted octanol–water partition coefficient (Wildman–Crippen LogP) is 2.71. The topological polar surface area (TPSA) is 80.5 Å². The number of hydrogen-bond acceptors (Lipinski definition) is 4. The zero-order chi connectivity index (χ0) is 15.3. The van der Waals surface area contributed by atoms with E-state index in [1.54, 1.807) is 13.8 Å². The lowest BCUT2D eigenvalue weighted by Gasteiger charge is -2.20. The molecule has 0 atom stereocenters. The van der Waals surface area contributed by atoms with Gasteiger partial charge in [-0.1, -0.05) is 26.3 Å². The van der Waals surface area contributed by atoms with Gasteiger partial charge in [0.15, 0.2) is 0 Å². The van der Waals surface area contributed by atoms with E-state index in [1.807, 2.05) is 6.92 Å². The molecule has 0 bridgehead atoms. The van der Waals surface area contributed by atoms with Gasteiger partial charge in [-0.05, 0) is 19.4 Å². The SMILES string of the molecule is CCCCN(CC)S(=O)(=O)c1ccc(C)c([N+](=O)[O-])c1. The average Bonchev–Trinajstić information content (AvgIpc) is 2.39. The van der Waals surface area contributed by atoms with E-state index in [2.05, 4.69) is 0 Å². The van der Waals surface area contributed by atoms with Crippen molar-refractivity contribution in [3.8, 4) is 0 Å². The van der Waals surface area contributed by atoms with Gasteiger partial charge in [-0.15, -0.1) is 0 Å². The van der Waals surface area contributed by atoms with Crippen LogP contribution in [0.4, 0.5) is 5.69 Å². The summed E-state index contributed by atoms with van der Waals surface area (Å²) in [5.74, 6) is 0. The monoisotopic (exact) mass is 300 g/mol. The smallest absolute Gasteiger partial charge is 0.258 e. The maximum Gasteiger partial charge on any atom is 0.273 e. The first-order chi connectivity index (χ1) is 9.34. The van der Waals surface area contributed by atoms with E-state index in [0.717, 1.165) is 18.9 Å². The van der Waals surface area contributed by atoms with Crippen molar-refractivity contribution in [2.45, 2.75) is 38.5 Å². The Morgan fingerprint density at radius 2 is 1.95 bits per heavy atom. The van der Waals surface area contributed by atoms with Crippen molar-refractivity contribution in [1.29, 1.82) is 0 Å². The van der Waals surface area contributed by atoms with Crippen molar-refractivity contribution in [3.05, 3.63) is 33.9 Å². The molecule has 0 saturated heterocycles. The maximum absolute atomic E-state index is 12.5. The first-order valence-electron chi connectivity index (χ1n) is 6.59. The normalized spacial score (nSPS) is 11.8. The Balaban J connectivity index is 3.20. The van der Waals surface area contributed by atoms with Gasteiger partial charge in [-0.2, -0.15) is 4.31 Å². The van der Waals surface area contributed by atoms with E-state index in [0.29, 0.717) is 18.7 Å². The molecule has 0 N–H and O–H groups in total. The Morgan fingerprint density at radius 1 is 1.30 bits per heavy atom. The highest BCUT2D eigenvalue weighted by molar-refractivity contribution is 7.89. The second kappa shape index (κ2) is 6.81. The van der Waals surface area contributed by atoms with E-state index in [-0.39, 0.29) is 10.6 Å². The molecule has 0 fully saturated rings. The van der Waals surface area contributed by atoms with Crippen molar-refractivity contribution >= 4 is 15.7 Å². The van der Waals surface area contributed by atoms with E-state index >= 15 is 0 Å². The Bertz CT molecular complexity index is 584. The van der Waals surface area contributed by atoms with Gasteiger partial charge in [0.2, 0.25) is 10.0 Å². The van der Waals surface area contributed by atoms with Crippen LogP contribution in [0.3, 0.4) is 0 Å². The van der Waals surface area contributed by atoms with E-state index in [4.69, 9.17) is 0 Å². The number of aryl methyl sites for hydroxylation is 1. The average molecular weight is 300 g/mol. The number of rotatable bonds is 7. The van der Waals surface area contributed by atoms with E-state index in [1.165, 1.54) is 16.4 Å². The number of sulfonamides is 1. The molecular formula is C13H20N2O4S. The lowest BCUT2D eigenvalue weighted by atomic mass is 10.2. The molecular weight excluding hydrogens is 280 g/mol. The third-order valence-corrected chi connectivity index (χ3v) is 5.10. The molecule has 1 rings (SSSR count). The Morgan fingerprint density at radius 3 is 2.45 bits per heavy atom. The Labute approximate surface area is 119 Å². The summed E-state index contributed by atoms with van der Waals surface area (Å²) in [6.45, 7) is 6.11. The predicted molar refractivity (Wildman–Crippen MR) is 77.2 cm³/mol. The maximum atomic E-state index is 12.5. The van der Waals surface area contributed by atoms with Gasteiger partial charge in [0.25, 0.3) is 5.69 Å². The Hall–Kier alpha value is -1.47. The zero-order valence-corrected chi connectivity index (χ0v) is 12.8. The van der Waals surface area contributed by atoms with Crippen molar-refractivity contribution < 1.29 is 13.3 Å². The van der Waals surface area contributed by atoms with Crippen LogP contribution in [0.2, 0.25) is 0 Å². The number of benzene rings is 1. The first-order valence-corrected chi connectivity index (χ1v) is 8.03. The third kappa shape index (κ3) is 3.55. The van der Waals surface area contributed by atoms with Crippen molar-refractivity contribution in [3.63, 3.8) is 0 Å². The third-order valence-electron chi connectivity index (χ3n) is 3.13. The lowest BCUT2D eigenvalue weighted by Crippen LogP contribution is -2.31. The van der Waals surface area contributed by atoms with Gasteiger partial charge in [0.1, 0.15) is 0 Å². The van der Waals surface area contributed by atoms with Crippen LogP contribution in [0.25, 0.3) is 0 Å². The van der Waals surface area contributed by atoms with Crippen LogP contribution in [-0.2, 0) is 10.0 Å². The van der Waals surface area contributed by atoms with Crippen LogP contribution in [-0.4, -0.2) is 30.7 Å². The second-order valence-corrected chi connectivity index (χ2v) is 6.49. The molecule has 0 spiro atoms. The van der Waals surface area contributed by atoms with E-state index < -0.39 is 14.9 Å². The summed E-state index contributed by atoms with van der Waals surface area (Å²) in [7, 11) is -3.67. The summed E-state index contributed by atoms with van der Waals surface area (Å²) in [5.41, 5.74) is 0.281. The fourth-order valence-corrected chi connectivity index (χ4v) is 3.39. The molecule has 0 amide bonds. The number of unbranched alkanes of at least 4 members (excludes halogenated alkanes) is 1. The molecule has 1 aromatic carbocycles. The summed E-state index contributed by atoms with van der Waals surface area (Å²) in [5, 5.41) is 10.9. The summed E-state index contributed by atoms with van der Waals surface area (Å²) in [6.07, 6.45) is 1.65. The van der Waals surface area contributed by atoms with Gasteiger partial charge >= 0.3 is 0 Å². The molecule has 0 aliphatic rings.